The van der Waals surface area contributed by atoms with Gasteiger partial charge in [-0.3, -0.25) is 14.3 Å². The van der Waals surface area contributed by atoms with E-state index < -0.39 is 5.97 Å². The topological polar surface area (TPSA) is 92.5 Å². The Balaban J connectivity index is 1.65. The minimum Gasteiger partial charge on any atom is -0.478 e. The summed E-state index contributed by atoms with van der Waals surface area (Å²) in [7, 11) is 0. The van der Waals surface area contributed by atoms with Crippen LogP contribution in [-0.2, 0) is 11.3 Å². The highest BCUT2D eigenvalue weighted by Gasteiger charge is 2.25. The molecule has 0 spiro atoms. The number of carbonyl (C=O) groups excluding carboxylic acids is 2. The third-order valence-electron chi connectivity index (χ3n) is 5.65. The fourth-order valence-electron chi connectivity index (χ4n) is 4.19. The van der Waals surface area contributed by atoms with Crippen LogP contribution in [0.1, 0.15) is 69.8 Å². The molecule has 154 valence electrons. The number of Topliss-reactive ketones (excluding diaryl/α,β-unsaturated/α-hetero) is 1. The molecule has 1 saturated heterocycles. The lowest BCUT2D eigenvalue weighted by Crippen LogP contribution is -2.39. The molecule has 0 radical (unpaired) electrons. The van der Waals surface area contributed by atoms with Gasteiger partial charge in [0.2, 0.25) is 5.91 Å². The highest BCUT2D eigenvalue weighted by Crippen LogP contribution is 2.28. The summed E-state index contributed by atoms with van der Waals surface area (Å²) in [6.45, 7) is 6.94. The number of carboxylic acids is 1. The zero-order chi connectivity index (χ0) is 21.1. The van der Waals surface area contributed by atoms with Crippen molar-refractivity contribution in [1.82, 2.24) is 14.7 Å². The molecule has 1 N–H and O–H groups in total. The van der Waals surface area contributed by atoms with E-state index >= 15 is 0 Å². The zero-order valence-electron chi connectivity index (χ0n) is 17.1. The number of aromatic carboxylic acids is 1. The first-order valence-electron chi connectivity index (χ1n) is 9.94. The summed E-state index contributed by atoms with van der Waals surface area (Å²) in [6.07, 6.45) is 2.15. The van der Waals surface area contributed by atoms with E-state index in [0.29, 0.717) is 37.3 Å². The molecule has 1 aromatic carbocycles. The molecular formula is C22H27N3O4. The van der Waals surface area contributed by atoms with Gasteiger partial charge in [-0.2, -0.15) is 5.10 Å². The van der Waals surface area contributed by atoms with Crippen molar-refractivity contribution in [3.8, 4) is 0 Å². The van der Waals surface area contributed by atoms with Crippen LogP contribution in [0.5, 0.6) is 0 Å². The van der Waals surface area contributed by atoms with Crippen molar-refractivity contribution in [3.63, 3.8) is 0 Å². The maximum absolute atomic E-state index is 12.8. The van der Waals surface area contributed by atoms with Crippen LogP contribution in [0.25, 0.3) is 0 Å². The molecule has 7 heteroatoms. The Morgan fingerprint density at radius 1 is 1.24 bits per heavy atom. The fourth-order valence-corrected chi connectivity index (χ4v) is 4.19. The second-order valence-corrected chi connectivity index (χ2v) is 7.68. The van der Waals surface area contributed by atoms with Crippen molar-refractivity contribution in [1.29, 1.82) is 0 Å². The SMILES string of the molecule is CC(=O)c1c(C)nn(CCC(=O)N2CCC[C@@H](c3cccc(C(=O)O)c3)C2)c1C. The minimum atomic E-state index is -0.939. The van der Waals surface area contributed by atoms with Crippen LogP contribution in [0, 0.1) is 13.8 Å². The van der Waals surface area contributed by atoms with Gasteiger partial charge in [0, 0.05) is 37.7 Å². The van der Waals surface area contributed by atoms with E-state index in [4.69, 9.17) is 0 Å². The van der Waals surface area contributed by atoms with Gasteiger partial charge in [0.1, 0.15) is 0 Å². The molecule has 2 aromatic rings. The van der Waals surface area contributed by atoms with Gasteiger partial charge in [-0.25, -0.2) is 4.79 Å². The molecule has 0 saturated carbocycles. The minimum absolute atomic E-state index is 0.0139. The second-order valence-electron chi connectivity index (χ2n) is 7.68. The van der Waals surface area contributed by atoms with Crippen molar-refractivity contribution in [2.75, 3.05) is 13.1 Å². The highest BCUT2D eigenvalue weighted by molar-refractivity contribution is 5.96. The Morgan fingerprint density at radius 3 is 2.66 bits per heavy atom. The summed E-state index contributed by atoms with van der Waals surface area (Å²) in [5.74, 6) is -0.753. The van der Waals surface area contributed by atoms with Crippen molar-refractivity contribution < 1.29 is 19.5 Å². The van der Waals surface area contributed by atoms with E-state index in [-0.39, 0.29) is 23.2 Å². The largest absolute Gasteiger partial charge is 0.478 e. The number of ketones is 1. The van der Waals surface area contributed by atoms with Crippen molar-refractivity contribution >= 4 is 17.7 Å². The lowest BCUT2D eigenvalue weighted by atomic mass is 9.89. The van der Waals surface area contributed by atoms with Gasteiger partial charge in [0.25, 0.3) is 0 Å². The van der Waals surface area contributed by atoms with Gasteiger partial charge >= 0.3 is 5.97 Å². The summed E-state index contributed by atoms with van der Waals surface area (Å²) < 4.78 is 1.74. The number of nitrogens with zero attached hydrogens (tertiary/aromatic N) is 3. The molecular weight excluding hydrogens is 370 g/mol. The maximum Gasteiger partial charge on any atom is 0.335 e. The van der Waals surface area contributed by atoms with E-state index in [1.165, 1.54) is 6.92 Å². The molecule has 1 aliphatic rings. The van der Waals surface area contributed by atoms with Crippen LogP contribution >= 0.6 is 0 Å². The summed E-state index contributed by atoms with van der Waals surface area (Å²) in [5, 5.41) is 13.6. The molecule has 1 fully saturated rings. The smallest absolute Gasteiger partial charge is 0.335 e. The lowest BCUT2D eigenvalue weighted by molar-refractivity contribution is -0.132. The quantitative estimate of drug-likeness (QED) is 0.756. The number of likely N-dealkylation sites (tertiary alicyclic amines) is 1. The van der Waals surface area contributed by atoms with Crippen molar-refractivity contribution in [2.24, 2.45) is 0 Å². The van der Waals surface area contributed by atoms with Crippen molar-refractivity contribution in [2.45, 2.75) is 52.5 Å². The van der Waals surface area contributed by atoms with Crippen LogP contribution < -0.4 is 0 Å². The first kappa shape index (κ1) is 20.8. The molecule has 7 nitrogen and oxygen atoms in total. The van der Waals surface area contributed by atoms with Gasteiger partial charge in [-0.1, -0.05) is 12.1 Å². The third kappa shape index (κ3) is 4.55. The van der Waals surface area contributed by atoms with Gasteiger partial charge in [0.05, 0.1) is 16.8 Å². The van der Waals surface area contributed by atoms with E-state index in [0.717, 1.165) is 24.1 Å². The van der Waals surface area contributed by atoms with Crippen LogP contribution in [0.2, 0.25) is 0 Å². The molecule has 3 rings (SSSR count). The molecule has 0 aliphatic carbocycles. The summed E-state index contributed by atoms with van der Waals surface area (Å²) in [5.41, 5.74) is 3.36. The zero-order valence-corrected chi connectivity index (χ0v) is 17.1. The number of aromatic nitrogens is 2. The Bertz CT molecular complexity index is 948. The number of carbonyl (C=O) groups is 3. The van der Waals surface area contributed by atoms with E-state index in [1.807, 2.05) is 24.8 Å². The predicted octanol–water partition coefficient (Wildman–Crippen LogP) is 3.20. The standard InChI is InChI=1S/C22H27N3O4/c1-14-21(16(3)26)15(2)25(23-14)11-9-20(27)24-10-5-8-19(13-24)17-6-4-7-18(12-17)22(28)29/h4,6-7,12,19H,5,8-11,13H2,1-3H3,(H,28,29)/t19-/m1/s1. The van der Waals surface area contributed by atoms with E-state index in [1.54, 1.807) is 22.9 Å². The Hall–Kier alpha value is -2.96. The first-order chi connectivity index (χ1) is 13.8. The monoisotopic (exact) mass is 397 g/mol. The van der Waals surface area contributed by atoms with Gasteiger partial charge in [-0.05, 0) is 51.3 Å². The Morgan fingerprint density at radius 2 is 2.00 bits per heavy atom. The van der Waals surface area contributed by atoms with Gasteiger partial charge in [0.15, 0.2) is 5.78 Å². The number of hydrogen-bond donors (Lipinski definition) is 1. The van der Waals surface area contributed by atoms with Crippen molar-refractivity contribution in [3.05, 3.63) is 52.3 Å². The fraction of sp³-hybridized carbons (Fsp3) is 0.455. The van der Waals surface area contributed by atoms with Crippen LogP contribution in [0.15, 0.2) is 24.3 Å². The Labute approximate surface area is 170 Å². The number of piperidine rings is 1. The van der Waals surface area contributed by atoms with Gasteiger partial charge < -0.3 is 10.0 Å². The molecule has 1 aliphatic heterocycles. The lowest BCUT2D eigenvalue weighted by Gasteiger charge is -2.33. The van der Waals surface area contributed by atoms with Crippen LogP contribution in [0.3, 0.4) is 0 Å². The normalized spacial score (nSPS) is 16.7. The molecule has 29 heavy (non-hydrogen) atoms. The maximum atomic E-state index is 12.8. The second kappa shape index (κ2) is 8.59. The number of amides is 1. The average Bonchev–Trinajstić information content (AvgIpc) is 2.99. The first-order valence-corrected chi connectivity index (χ1v) is 9.94. The average molecular weight is 397 g/mol. The summed E-state index contributed by atoms with van der Waals surface area (Å²) >= 11 is 0. The number of hydrogen-bond acceptors (Lipinski definition) is 4. The van der Waals surface area contributed by atoms with E-state index in [9.17, 15) is 19.5 Å². The molecule has 2 heterocycles. The predicted molar refractivity (Wildman–Crippen MR) is 108 cm³/mol. The number of benzene rings is 1. The van der Waals surface area contributed by atoms with E-state index in [2.05, 4.69) is 5.10 Å². The molecule has 1 aromatic heterocycles. The molecule has 0 bridgehead atoms. The third-order valence-corrected chi connectivity index (χ3v) is 5.65. The Kier molecular flexibility index (Phi) is 6.15. The molecule has 0 unspecified atom stereocenters. The number of carboxylic acid groups (broad SMARTS) is 1. The van der Waals surface area contributed by atoms with Crippen LogP contribution in [0.4, 0.5) is 0 Å². The highest BCUT2D eigenvalue weighted by atomic mass is 16.4. The molecule has 1 amide bonds. The van der Waals surface area contributed by atoms with Crippen LogP contribution in [-0.4, -0.2) is 50.5 Å². The van der Waals surface area contributed by atoms with Gasteiger partial charge in [-0.15, -0.1) is 0 Å². The molecule has 1 atom stereocenters. The number of rotatable bonds is 6. The summed E-state index contributed by atoms with van der Waals surface area (Å²) in [6, 6.07) is 6.99. The number of aryl methyl sites for hydroxylation is 2. The summed E-state index contributed by atoms with van der Waals surface area (Å²) in [4.78, 5) is 37.6.